The van der Waals surface area contributed by atoms with E-state index in [9.17, 15) is 14.4 Å². The number of nitrogens with one attached hydrogen (secondary N) is 2. The minimum absolute atomic E-state index is 0.0161. The summed E-state index contributed by atoms with van der Waals surface area (Å²) < 4.78 is 3.95. The van der Waals surface area contributed by atoms with Crippen LogP contribution in [0.25, 0.3) is 22.3 Å². The molecule has 5 heterocycles. The van der Waals surface area contributed by atoms with Crippen LogP contribution in [0.1, 0.15) is 78.8 Å². The van der Waals surface area contributed by atoms with Crippen LogP contribution in [0.4, 0.5) is 11.5 Å². The number of dihydropyridines is 1. The molecule has 0 spiro atoms. The zero-order valence-corrected chi connectivity index (χ0v) is 27.0. The standard InChI is InChI=1S/C36H40N8O3/c1-21(2)36(47)42-16-13-24(14-17-42)30-18-27(32-34(37)39-20-40-44(30)32)23-7-9-25(10-8-23)41-35(46)28-19-43(26-11-12-26)22(3)31(33(28)45)29-6-4-5-15-38-29/h4-10,18-21,24,26,38H,11-17H2,1-3H3,(H,41,46)(H2,37,39,40). The van der Waals surface area contributed by atoms with Gasteiger partial charge in [0.2, 0.25) is 11.3 Å². The van der Waals surface area contributed by atoms with Crippen molar-refractivity contribution in [1.29, 1.82) is 0 Å². The molecule has 2 aliphatic heterocycles. The van der Waals surface area contributed by atoms with E-state index >= 15 is 0 Å². The molecule has 11 nitrogen and oxygen atoms in total. The third-order valence-corrected chi connectivity index (χ3v) is 9.54. The van der Waals surface area contributed by atoms with E-state index in [1.807, 2.05) is 72.7 Å². The summed E-state index contributed by atoms with van der Waals surface area (Å²) in [6, 6.07) is 9.94. The van der Waals surface area contributed by atoms with Gasteiger partial charge in [0.1, 0.15) is 17.4 Å². The van der Waals surface area contributed by atoms with Crippen LogP contribution in [-0.2, 0) is 4.79 Å². The number of hydrogen-bond donors (Lipinski definition) is 3. The number of likely N-dealkylation sites (tertiary alicyclic amines) is 1. The minimum atomic E-state index is -0.443. The number of benzene rings is 1. The molecule has 0 unspecified atom stereocenters. The second kappa shape index (κ2) is 12.2. The van der Waals surface area contributed by atoms with Gasteiger partial charge in [-0.05, 0) is 62.4 Å². The first kappa shape index (κ1) is 30.5. The highest BCUT2D eigenvalue weighted by atomic mass is 16.2. The van der Waals surface area contributed by atoms with Crippen molar-refractivity contribution in [3.63, 3.8) is 0 Å². The molecular formula is C36H40N8O3. The number of fused-ring (bicyclic) bond motifs is 1. The summed E-state index contributed by atoms with van der Waals surface area (Å²) in [4.78, 5) is 46.1. The normalized spacial score (nSPS) is 16.8. The number of piperidine rings is 1. The Morgan fingerprint density at radius 3 is 2.49 bits per heavy atom. The van der Waals surface area contributed by atoms with Crippen molar-refractivity contribution in [2.45, 2.75) is 58.4 Å². The Kier molecular flexibility index (Phi) is 7.91. The zero-order chi connectivity index (χ0) is 32.8. The molecule has 0 radical (unpaired) electrons. The highest BCUT2D eigenvalue weighted by Gasteiger charge is 2.30. The van der Waals surface area contributed by atoms with Gasteiger partial charge in [-0.15, -0.1) is 0 Å². The fraction of sp³-hybridized carbons (Fsp3) is 0.361. The van der Waals surface area contributed by atoms with Crippen LogP contribution in [0.3, 0.4) is 0 Å². The average molecular weight is 633 g/mol. The first-order valence-electron chi connectivity index (χ1n) is 16.4. The molecule has 2 amide bonds. The number of nitrogens with two attached hydrogens (primary N) is 1. The number of pyridine rings is 1. The third-order valence-electron chi connectivity index (χ3n) is 9.54. The summed E-state index contributed by atoms with van der Waals surface area (Å²) in [5.74, 6) is 0.330. The Morgan fingerprint density at radius 1 is 1.09 bits per heavy atom. The first-order valence-corrected chi connectivity index (χ1v) is 16.4. The lowest BCUT2D eigenvalue weighted by Gasteiger charge is -2.33. The summed E-state index contributed by atoms with van der Waals surface area (Å²) in [6.45, 7) is 7.87. The van der Waals surface area contributed by atoms with Crippen molar-refractivity contribution in [3.05, 3.63) is 93.8 Å². The Morgan fingerprint density at radius 2 is 1.83 bits per heavy atom. The molecule has 7 rings (SSSR count). The molecule has 1 aromatic carbocycles. The van der Waals surface area contributed by atoms with Crippen molar-refractivity contribution in [1.82, 2.24) is 29.4 Å². The van der Waals surface area contributed by atoms with Gasteiger partial charge in [-0.25, -0.2) is 9.50 Å². The van der Waals surface area contributed by atoms with Crippen LogP contribution in [-0.4, -0.2) is 55.5 Å². The first-order chi connectivity index (χ1) is 22.7. The molecule has 1 aliphatic carbocycles. The van der Waals surface area contributed by atoms with Crippen LogP contribution < -0.4 is 21.8 Å². The van der Waals surface area contributed by atoms with E-state index in [1.165, 1.54) is 6.33 Å². The molecule has 1 saturated heterocycles. The van der Waals surface area contributed by atoms with Gasteiger partial charge in [0.25, 0.3) is 5.91 Å². The molecule has 3 aromatic heterocycles. The van der Waals surface area contributed by atoms with Gasteiger partial charge in [-0.3, -0.25) is 14.4 Å². The van der Waals surface area contributed by atoms with Gasteiger partial charge in [0.15, 0.2) is 5.82 Å². The monoisotopic (exact) mass is 632 g/mol. The van der Waals surface area contributed by atoms with E-state index in [0.717, 1.165) is 59.4 Å². The smallest absolute Gasteiger partial charge is 0.261 e. The van der Waals surface area contributed by atoms with Crippen molar-refractivity contribution >= 4 is 34.5 Å². The molecule has 4 aromatic rings. The number of aromatic nitrogens is 4. The molecular weight excluding hydrogens is 592 g/mol. The molecule has 47 heavy (non-hydrogen) atoms. The third kappa shape index (κ3) is 5.70. The molecule has 4 N–H and O–H groups in total. The lowest BCUT2D eigenvalue weighted by molar-refractivity contribution is -0.135. The Hall–Kier alpha value is -5.19. The van der Waals surface area contributed by atoms with E-state index in [4.69, 9.17) is 5.73 Å². The van der Waals surface area contributed by atoms with Gasteiger partial charge >= 0.3 is 0 Å². The number of nitrogen functional groups attached to an aromatic ring is 1. The molecule has 0 bridgehead atoms. The average Bonchev–Trinajstić information content (AvgIpc) is 3.85. The van der Waals surface area contributed by atoms with Crippen molar-refractivity contribution in [3.8, 4) is 11.1 Å². The number of rotatable bonds is 7. The molecule has 11 heteroatoms. The molecule has 0 atom stereocenters. The Balaban J connectivity index is 1.15. The lowest BCUT2D eigenvalue weighted by atomic mass is 9.92. The lowest BCUT2D eigenvalue weighted by Crippen LogP contribution is -2.40. The molecule has 2 fully saturated rings. The number of carbonyl (C=O) groups is 2. The quantitative estimate of drug-likeness (QED) is 0.263. The predicted molar refractivity (Wildman–Crippen MR) is 183 cm³/mol. The van der Waals surface area contributed by atoms with Gasteiger partial charge < -0.3 is 25.8 Å². The van der Waals surface area contributed by atoms with Crippen molar-refractivity contribution in [2.75, 3.05) is 30.7 Å². The topological polar surface area (TPSA) is 140 Å². The van der Waals surface area contributed by atoms with E-state index < -0.39 is 5.91 Å². The fourth-order valence-corrected chi connectivity index (χ4v) is 6.86. The Bertz CT molecular complexity index is 1990. The molecule has 1 saturated carbocycles. The molecule has 3 aliphatic rings. The summed E-state index contributed by atoms with van der Waals surface area (Å²) in [6.07, 6.45) is 12.7. The largest absolute Gasteiger partial charge is 0.382 e. The van der Waals surface area contributed by atoms with Crippen LogP contribution in [0.15, 0.2) is 65.9 Å². The Labute approximate surface area is 273 Å². The van der Waals surface area contributed by atoms with E-state index in [0.29, 0.717) is 42.7 Å². The van der Waals surface area contributed by atoms with Gasteiger partial charge in [0.05, 0.1) is 5.56 Å². The zero-order valence-electron chi connectivity index (χ0n) is 27.0. The maximum Gasteiger partial charge on any atom is 0.261 e. The maximum absolute atomic E-state index is 13.7. The highest BCUT2D eigenvalue weighted by Crippen LogP contribution is 2.38. The van der Waals surface area contributed by atoms with E-state index in [1.54, 1.807) is 6.20 Å². The number of carbonyl (C=O) groups excluding carboxylic acids is 2. The van der Waals surface area contributed by atoms with Crippen LogP contribution in [0, 0.1) is 12.8 Å². The SMILES string of the molecule is Cc1c(C2=CC=CCN2)c(=O)c(C(=O)Nc2ccc(-c3cc(C4CCN(C(=O)C(C)C)CC4)n4ncnc(N)c34)cc2)cn1C1CC1. The summed E-state index contributed by atoms with van der Waals surface area (Å²) >= 11 is 0. The number of anilines is 2. The summed E-state index contributed by atoms with van der Waals surface area (Å²) in [5, 5.41) is 10.8. The summed E-state index contributed by atoms with van der Waals surface area (Å²) in [5.41, 5.74) is 12.5. The molecule has 242 valence electrons. The van der Waals surface area contributed by atoms with Gasteiger partial charge in [-0.2, -0.15) is 5.10 Å². The van der Waals surface area contributed by atoms with Crippen LogP contribution in [0.5, 0.6) is 0 Å². The highest BCUT2D eigenvalue weighted by molar-refractivity contribution is 6.04. The van der Waals surface area contributed by atoms with Gasteiger partial charge in [0, 0.05) is 72.0 Å². The number of hydrogen-bond acceptors (Lipinski definition) is 7. The van der Waals surface area contributed by atoms with E-state index in [2.05, 4.69) is 31.3 Å². The maximum atomic E-state index is 13.7. The second-order valence-electron chi connectivity index (χ2n) is 13.0. The van der Waals surface area contributed by atoms with Crippen LogP contribution >= 0.6 is 0 Å². The van der Waals surface area contributed by atoms with Crippen molar-refractivity contribution < 1.29 is 9.59 Å². The predicted octanol–water partition coefficient (Wildman–Crippen LogP) is 4.90. The number of nitrogens with zero attached hydrogens (tertiary/aromatic N) is 5. The number of allylic oxidation sites excluding steroid dienone is 2. The van der Waals surface area contributed by atoms with Crippen LogP contribution in [0.2, 0.25) is 0 Å². The summed E-state index contributed by atoms with van der Waals surface area (Å²) in [7, 11) is 0. The van der Waals surface area contributed by atoms with E-state index in [-0.39, 0.29) is 28.7 Å². The van der Waals surface area contributed by atoms with Gasteiger partial charge in [-0.1, -0.05) is 38.1 Å². The fourth-order valence-electron chi connectivity index (χ4n) is 6.86. The second-order valence-corrected chi connectivity index (χ2v) is 13.0. The minimum Gasteiger partial charge on any atom is -0.382 e. The van der Waals surface area contributed by atoms with Crippen molar-refractivity contribution in [2.24, 2.45) is 5.92 Å². The number of amides is 2.